The maximum absolute atomic E-state index is 10.3. The molecule has 1 fully saturated rings. The summed E-state index contributed by atoms with van der Waals surface area (Å²) in [7, 11) is 0. The maximum Gasteiger partial charge on any atom is 0.410 e. The van der Waals surface area contributed by atoms with Crippen molar-refractivity contribution in [2.45, 2.75) is 25.4 Å². The van der Waals surface area contributed by atoms with E-state index in [1.807, 2.05) is 0 Å². The van der Waals surface area contributed by atoms with Gasteiger partial charge in [0.1, 0.15) is 0 Å². The van der Waals surface area contributed by atoms with E-state index in [0.717, 1.165) is 19.4 Å². The highest BCUT2D eigenvalue weighted by Gasteiger charge is 2.19. The molecule has 0 saturated carbocycles. The smallest absolute Gasteiger partial charge is 0.358 e. The molecule has 1 N–H and O–H groups in total. The Bertz CT molecular complexity index is 331. The summed E-state index contributed by atoms with van der Waals surface area (Å²) in [5.74, 6) is -0.192. The lowest BCUT2D eigenvalue weighted by atomic mass is 10.2. The van der Waals surface area contributed by atoms with Crippen molar-refractivity contribution in [2.24, 2.45) is 0 Å². The molecule has 1 atom stereocenters. The molecule has 1 aromatic rings. The standard InChI is InChI=1S/C7H11N5O2/c13-12(14)7-4-9-11(10-7)5-6-2-1-3-8-6/h4,6,8H,1-3,5H2. The lowest BCUT2D eigenvalue weighted by Crippen LogP contribution is -2.27. The van der Waals surface area contributed by atoms with Crippen LogP contribution in [0.5, 0.6) is 0 Å². The molecule has 1 unspecified atom stereocenters. The number of hydrogen-bond donors (Lipinski definition) is 1. The predicted molar refractivity (Wildman–Crippen MR) is 47.7 cm³/mol. The quantitative estimate of drug-likeness (QED) is 0.541. The summed E-state index contributed by atoms with van der Waals surface area (Å²) in [6.45, 7) is 1.61. The van der Waals surface area contributed by atoms with E-state index in [1.54, 1.807) is 0 Å². The van der Waals surface area contributed by atoms with Gasteiger partial charge in [0.15, 0.2) is 6.20 Å². The van der Waals surface area contributed by atoms with Gasteiger partial charge in [0.2, 0.25) is 0 Å². The topological polar surface area (TPSA) is 85.9 Å². The number of rotatable bonds is 3. The molecule has 1 aliphatic rings. The number of nitrogens with one attached hydrogen (secondary N) is 1. The Kier molecular flexibility index (Phi) is 2.40. The summed E-state index contributed by atoms with van der Waals surface area (Å²) in [4.78, 5) is 11.2. The molecule has 1 aromatic heterocycles. The SMILES string of the molecule is O=[N+]([O-])c1cnn(CC2CCCN2)n1. The predicted octanol–water partition coefficient (Wildman–Crippen LogP) is -0.0617. The molecule has 2 heterocycles. The lowest BCUT2D eigenvalue weighted by Gasteiger charge is -2.04. The molecule has 0 bridgehead atoms. The van der Waals surface area contributed by atoms with E-state index in [2.05, 4.69) is 15.5 Å². The Hall–Kier alpha value is -1.50. The van der Waals surface area contributed by atoms with Crippen molar-refractivity contribution in [2.75, 3.05) is 6.54 Å². The van der Waals surface area contributed by atoms with Crippen LogP contribution in [0.25, 0.3) is 0 Å². The average molecular weight is 197 g/mol. The normalized spacial score (nSPS) is 21.3. The average Bonchev–Trinajstić information content (AvgIpc) is 2.75. The van der Waals surface area contributed by atoms with Gasteiger partial charge in [-0.15, -0.1) is 5.10 Å². The van der Waals surface area contributed by atoms with Crippen molar-refractivity contribution >= 4 is 5.82 Å². The molecule has 2 rings (SSSR count). The molecular weight excluding hydrogens is 186 g/mol. The van der Waals surface area contributed by atoms with Gasteiger partial charge in [-0.3, -0.25) is 0 Å². The maximum atomic E-state index is 10.3. The Labute approximate surface area is 80.2 Å². The Morgan fingerprint density at radius 2 is 2.64 bits per heavy atom. The zero-order chi connectivity index (χ0) is 9.97. The Morgan fingerprint density at radius 1 is 1.79 bits per heavy atom. The van der Waals surface area contributed by atoms with Gasteiger partial charge in [-0.05, 0) is 24.3 Å². The van der Waals surface area contributed by atoms with Gasteiger partial charge in [0.05, 0.1) is 11.6 Å². The van der Waals surface area contributed by atoms with Crippen molar-refractivity contribution in [3.63, 3.8) is 0 Å². The second kappa shape index (κ2) is 3.70. The highest BCUT2D eigenvalue weighted by Crippen LogP contribution is 2.08. The minimum atomic E-state index is -0.536. The van der Waals surface area contributed by atoms with Crippen molar-refractivity contribution in [1.29, 1.82) is 0 Å². The summed E-state index contributed by atoms with van der Waals surface area (Å²) >= 11 is 0. The zero-order valence-corrected chi connectivity index (χ0v) is 7.59. The van der Waals surface area contributed by atoms with Crippen LogP contribution in [0.4, 0.5) is 5.82 Å². The Morgan fingerprint density at radius 3 is 3.21 bits per heavy atom. The van der Waals surface area contributed by atoms with Crippen molar-refractivity contribution in [3.05, 3.63) is 16.3 Å². The molecule has 14 heavy (non-hydrogen) atoms. The largest absolute Gasteiger partial charge is 0.410 e. The van der Waals surface area contributed by atoms with E-state index in [4.69, 9.17) is 0 Å². The molecule has 7 nitrogen and oxygen atoms in total. The first-order chi connectivity index (χ1) is 6.75. The number of nitro groups is 1. The van der Waals surface area contributed by atoms with E-state index in [9.17, 15) is 10.1 Å². The van der Waals surface area contributed by atoms with Crippen LogP contribution >= 0.6 is 0 Å². The third kappa shape index (κ3) is 1.87. The fraction of sp³-hybridized carbons (Fsp3) is 0.714. The van der Waals surface area contributed by atoms with Gasteiger partial charge < -0.3 is 15.4 Å². The van der Waals surface area contributed by atoms with E-state index in [1.165, 1.54) is 11.0 Å². The van der Waals surface area contributed by atoms with Crippen LogP contribution in [-0.2, 0) is 6.54 Å². The van der Waals surface area contributed by atoms with Crippen molar-refractivity contribution < 1.29 is 4.92 Å². The minimum absolute atomic E-state index is 0.192. The highest BCUT2D eigenvalue weighted by atomic mass is 16.6. The van der Waals surface area contributed by atoms with Gasteiger partial charge >= 0.3 is 5.82 Å². The van der Waals surface area contributed by atoms with Gasteiger partial charge in [0, 0.05) is 6.04 Å². The molecule has 0 aromatic carbocycles. The number of nitrogens with zero attached hydrogens (tertiary/aromatic N) is 4. The first-order valence-corrected chi connectivity index (χ1v) is 4.53. The van der Waals surface area contributed by atoms with Crippen LogP contribution < -0.4 is 5.32 Å². The highest BCUT2D eigenvalue weighted by molar-refractivity contribution is 5.08. The summed E-state index contributed by atoms with van der Waals surface area (Å²) in [5, 5.41) is 21.2. The Balaban J connectivity index is 1.98. The second-order valence-electron chi connectivity index (χ2n) is 3.31. The number of aromatic nitrogens is 3. The molecule has 0 spiro atoms. The first-order valence-electron chi connectivity index (χ1n) is 4.53. The van der Waals surface area contributed by atoms with E-state index in [-0.39, 0.29) is 5.82 Å². The van der Waals surface area contributed by atoms with E-state index < -0.39 is 4.92 Å². The van der Waals surface area contributed by atoms with Gasteiger partial charge in [-0.2, -0.15) is 0 Å². The van der Waals surface area contributed by atoms with E-state index in [0.29, 0.717) is 12.6 Å². The van der Waals surface area contributed by atoms with Crippen molar-refractivity contribution in [1.82, 2.24) is 20.3 Å². The van der Waals surface area contributed by atoms with Crippen LogP contribution in [0, 0.1) is 10.1 Å². The molecule has 0 aliphatic carbocycles. The van der Waals surface area contributed by atoms with Crippen LogP contribution in [0.3, 0.4) is 0 Å². The molecular formula is C7H11N5O2. The van der Waals surface area contributed by atoms with Crippen LogP contribution in [0.1, 0.15) is 12.8 Å². The molecule has 0 radical (unpaired) electrons. The summed E-state index contributed by atoms with van der Waals surface area (Å²) in [6, 6.07) is 0.349. The van der Waals surface area contributed by atoms with Gasteiger partial charge in [-0.25, -0.2) is 0 Å². The van der Waals surface area contributed by atoms with Gasteiger partial charge in [0.25, 0.3) is 0 Å². The lowest BCUT2D eigenvalue weighted by molar-refractivity contribution is -0.389. The van der Waals surface area contributed by atoms with Crippen LogP contribution in [0.2, 0.25) is 0 Å². The third-order valence-electron chi connectivity index (χ3n) is 2.26. The first kappa shape index (κ1) is 9.07. The molecule has 1 aliphatic heterocycles. The zero-order valence-electron chi connectivity index (χ0n) is 7.59. The molecule has 0 amide bonds. The van der Waals surface area contributed by atoms with E-state index >= 15 is 0 Å². The van der Waals surface area contributed by atoms with Crippen molar-refractivity contribution in [3.8, 4) is 0 Å². The third-order valence-corrected chi connectivity index (χ3v) is 2.26. The second-order valence-corrected chi connectivity index (χ2v) is 3.31. The van der Waals surface area contributed by atoms with Gasteiger partial charge in [-0.1, -0.05) is 4.80 Å². The van der Waals surface area contributed by atoms with Crippen LogP contribution in [-0.4, -0.2) is 32.5 Å². The monoisotopic (exact) mass is 197 g/mol. The summed E-state index contributed by atoms with van der Waals surface area (Å²) in [6.07, 6.45) is 3.40. The summed E-state index contributed by atoms with van der Waals surface area (Å²) < 4.78 is 0. The fourth-order valence-electron chi connectivity index (χ4n) is 1.57. The summed E-state index contributed by atoms with van der Waals surface area (Å²) in [5.41, 5.74) is 0. The molecule has 1 saturated heterocycles. The van der Waals surface area contributed by atoms with Crippen LogP contribution in [0.15, 0.2) is 6.20 Å². The number of hydrogen-bond acceptors (Lipinski definition) is 5. The molecule has 7 heteroatoms. The fourth-order valence-corrected chi connectivity index (χ4v) is 1.57. The molecule has 76 valence electrons. The minimum Gasteiger partial charge on any atom is -0.358 e.